The van der Waals surface area contributed by atoms with Crippen molar-refractivity contribution < 1.29 is 32.6 Å². The zero-order valence-corrected chi connectivity index (χ0v) is 26.5. The number of anilines is 1. The number of benzene rings is 3. The van der Waals surface area contributed by atoms with E-state index in [1.54, 1.807) is 42.3 Å². The monoisotopic (exact) mass is 646 g/mol. The molecule has 9 nitrogen and oxygen atoms in total. The standard InChI is InChI=1S/C36H40F2N4O5/c1-3-23-9-7-10-24(15-23)20-39-21-31(43)30(18-25-16-27(37)19-28(38)17-25)33-32(35(45)42-14-8-13-29(42)22-46-2)40-36(47-33)41-34(44)26-11-5-4-6-12-26/h4-7,9-12,15-17,19,29-31,39,43H,3,8,13-14,18,20-22H2,1-2H3,(H,40,41,44)/t29-,30+,31+/m1/s1. The van der Waals surface area contributed by atoms with Crippen LogP contribution >= 0.6 is 0 Å². The Balaban J connectivity index is 1.49. The van der Waals surface area contributed by atoms with E-state index in [1.165, 1.54) is 17.7 Å². The number of nitrogens with one attached hydrogen (secondary N) is 2. The lowest BCUT2D eigenvalue weighted by Crippen LogP contribution is -2.39. The van der Waals surface area contributed by atoms with E-state index in [-0.39, 0.29) is 42.0 Å². The first-order valence-electron chi connectivity index (χ1n) is 15.8. The lowest BCUT2D eigenvalue weighted by Gasteiger charge is -2.26. The SMILES string of the molecule is CCc1cccc(CNC[C@H](O)[C@H](Cc2cc(F)cc(F)c2)c2oc(NC(=O)c3ccccc3)nc2C(=O)N2CCC[C@@H]2COC)c1. The first-order chi connectivity index (χ1) is 22.7. The molecule has 3 atom stereocenters. The summed E-state index contributed by atoms with van der Waals surface area (Å²) in [6.45, 7) is 3.39. The normalized spacial score (nSPS) is 15.9. The fraction of sp³-hybridized carbons (Fsp3) is 0.361. The molecule has 47 heavy (non-hydrogen) atoms. The minimum absolute atomic E-state index is 0.00776. The molecule has 0 aliphatic carbocycles. The summed E-state index contributed by atoms with van der Waals surface area (Å²) < 4.78 is 40.0. The molecule has 248 valence electrons. The highest BCUT2D eigenvalue weighted by Crippen LogP contribution is 2.33. The van der Waals surface area contributed by atoms with E-state index < -0.39 is 35.5 Å². The number of nitrogens with zero attached hydrogens (tertiary/aromatic N) is 2. The van der Waals surface area contributed by atoms with E-state index in [4.69, 9.17) is 9.15 Å². The van der Waals surface area contributed by atoms with Gasteiger partial charge in [0.05, 0.1) is 24.7 Å². The van der Waals surface area contributed by atoms with E-state index >= 15 is 0 Å². The summed E-state index contributed by atoms with van der Waals surface area (Å²) >= 11 is 0. The van der Waals surface area contributed by atoms with Crippen molar-refractivity contribution in [2.75, 3.05) is 32.1 Å². The lowest BCUT2D eigenvalue weighted by molar-refractivity contribution is 0.0619. The second-order valence-electron chi connectivity index (χ2n) is 11.8. The molecule has 0 bridgehead atoms. The molecule has 0 spiro atoms. The van der Waals surface area contributed by atoms with Crippen LogP contribution < -0.4 is 10.6 Å². The van der Waals surface area contributed by atoms with Crippen molar-refractivity contribution in [3.8, 4) is 0 Å². The van der Waals surface area contributed by atoms with Crippen molar-refractivity contribution in [2.45, 2.75) is 57.2 Å². The summed E-state index contributed by atoms with van der Waals surface area (Å²) in [5, 5.41) is 17.5. The van der Waals surface area contributed by atoms with Gasteiger partial charge in [0.25, 0.3) is 11.8 Å². The molecule has 1 aliphatic rings. The van der Waals surface area contributed by atoms with Crippen molar-refractivity contribution in [3.05, 3.63) is 118 Å². The Labute approximate surface area is 273 Å². The largest absolute Gasteiger partial charge is 0.427 e. The van der Waals surface area contributed by atoms with Gasteiger partial charge in [0.1, 0.15) is 17.4 Å². The van der Waals surface area contributed by atoms with Crippen molar-refractivity contribution in [1.82, 2.24) is 15.2 Å². The molecule has 0 saturated carbocycles. The molecule has 4 aromatic rings. The van der Waals surface area contributed by atoms with Crippen molar-refractivity contribution in [3.63, 3.8) is 0 Å². The van der Waals surface area contributed by atoms with Crippen LogP contribution in [0.1, 0.15) is 69.0 Å². The zero-order valence-electron chi connectivity index (χ0n) is 26.5. The molecular formula is C36H40F2N4O5. The molecule has 1 fully saturated rings. The van der Waals surface area contributed by atoms with E-state index in [1.807, 2.05) is 18.2 Å². The maximum absolute atomic E-state index is 14.3. The third-order valence-electron chi connectivity index (χ3n) is 8.37. The predicted molar refractivity (Wildman–Crippen MR) is 173 cm³/mol. The van der Waals surface area contributed by atoms with Gasteiger partial charge >= 0.3 is 6.01 Å². The number of ether oxygens (including phenoxy) is 1. The van der Waals surface area contributed by atoms with E-state index in [0.717, 1.165) is 30.9 Å². The Bertz CT molecular complexity index is 1640. The number of aliphatic hydroxyl groups is 1. The quantitative estimate of drug-likeness (QED) is 0.166. The van der Waals surface area contributed by atoms with Crippen LogP contribution in [0.5, 0.6) is 0 Å². The fourth-order valence-corrected chi connectivity index (χ4v) is 6.01. The summed E-state index contributed by atoms with van der Waals surface area (Å²) in [5.41, 5.74) is 2.72. The second-order valence-corrected chi connectivity index (χ2v) is 11.8. The lowest BCUT2D eigenvalue weighted by atomic mass is 9.90. The molecule has 0 radical (unpaired) electrons. The number of methoxy groups -OCH3 is 1. The molecule has 2 amide bonds. The van der Waals surface area contributed by atoms with E-state index in [9.17, 15) is 23.5 Å². The topological polar surface area (TPSA) is 117 Å². The van der Waals surface area contributed by atoms with Crippen LogP contribution in [0.3, 0.4) is 0 Å². The fourth-order valence-electron chi connectivity index (χ4n) is 6.01. The highest BCUT2D eigenvalue weighted by molar-refractivity contribution is 6.03. The Morgan fingerprint density at radius 1 is 1.04 bits per heavy atom. The van der Waals surface area contributed by atoms with Crippen LogP contribution in [-0.4, -0.2) is 65.8 Å². The molecule has 3 aromatic carbocycles. The van der Waals surface area contributed by atoms with E-state index in [2.05, 4.69) is 28.6 Å². The summed E-state index contributed by atoms with van der Waals surface area (Å²) in [7, 11) is 1.57. The molecule has 0 unspecified atom stereocenters. The summed E-state index contributed by atoms with van der Waals surface area (Å²) in [6.07, 6.45) is 1.13. The van der Waals surface area contributed by atoms with Gasteiger partial charge in [-0.25, -0.2) is 8.78 Å². The van der Waals surface area contributed by atoms with Gasteiger partial charge in [-0.15, -0.1) is 0 Å². The smallest absolute Gasteiger partial charge is 0.302 e. The summed E-state index contributed by atoms with van der Waals surface area (Å²) in [6, 6.07) is 19.2. The average Bonchev–Trinajstić information content (AvgIpc) is 3.71. The minimum Gasteiger partial charge on any atom is -0.427 e. The van der Waals surface area contributed by atoms with Gasteiger partial charge in [-0.1, -0.05) is 49.4 Å². The number of aliphatic hydroxyl groups excluding tert-OH is 1. The van der Waals surface area contributed by atoms with Crippen molar-refractivity contribution in [2.24, 2.45) is 0 Å². The molecular weight excluding hydrogens is 606 g/mol. The van der Waals surface area contributed by atoms with Crippen LogP contribution in [0, 0.1) is 11.6 Å². The summed E-state index contributed by atoms with van der Waals surface area (Å²) in [4.78, 5) is 33.2. The molecule has 2 heterocycles. The first kappa shape index (κ1) is 33.9. The van der Waals surface area contributed by atoms with E-state index in [0.29, 0.717) is 25.3 Å². The van der Waals surface area contributed by atoms with Crippen LogP contribution in [0.4, 0.5) is 14.8 Å². The van der Waals surface area contributed by atoms with Gasteiger partial charge in [0, 0.05) is 38.4 Å². The summed E-state index contributed by atoms with van der Waals surface area (Å²) in [5.74, 6) is -3.46. The van der Waals surface area contributed by atoms with Gasteiger partial charge < -0.3 is 24.5 Å². The van der Waals surface area contributed by atoms with Gasteiger partial charge in [0.2, 0.25) is 0 Å². The first-order valence-corrected chi connectivity index (χ1v) is 15.8. The third kappa shape index (κ3) is 8.68. The van der Waals surface area contributed by atoms with Gasteiger partial charge in [-0.3, -0.25) is 14.9 Å². The highest BCUT2D eigenvalue weighted by Gasteiger charge is 2.37. The van der Waals surface area contributed by atoms with Gasteiger partial charge in [-0.05, 0) is 66.6 Å². The van der Waals surface area contributed by atoms with Crippen LogP contribution in [0.2, 0.25) is 0 Å². The number of oxazole rings is 1. The number of hydrogen-bond donors (Lipinski definition) is 3. The molecule has 1 aliphatic heterocycles. The molecule has 3 N–H and O–H groups in total. The van der Waals surface area contributed by atoms with Gasteiger partial charge in [0.15, 0.2) is 5.69 Å². The second kappa shape index (κ2) is 15.9. The number of amides is 2. The molecule has 1 saturated heterocycles. The number of likely N-dealkylation sites (tertiary alicyclic amines) is 1. The molecule has 5 rings (SSSR count). The predicted octanol–water partition coefficient (Wildman–Crippen LogP) is 5.50. The third-order valence-corrected chi connectivity index (χ3v) is 8.37. The average molecular weight is 647 g/mol. The number of aryl methyl sites for hydroxylation is 1. The zero-order chi connectivity index (χ0) is 33.3. The molecule has 1 aromatic heterocycles. The Kier molecular flexibility index (Phi) is 11.5. The van der Waals surface area contributed by atoms with Crippen LogP contribution in [0.25, 0.3) is 0 Å². The van der Waals surface area contributed by atoms with Crippen LogP contribution in [-0.2, 0) is 24.1 Å². The number of carbonyl (C=O) groups excluding carboxylic acids is 2. The Morgan fingerprint density at radius 2 is 1.79 bits per heavy atom. The van der Waals surface area contributed by atoms with Crippen molar-refractivity contribution >= 4 is 17.8 Å². The van der Waals surface area contributed by atoms with Gasteiger partial charge in [-0.2, -0.15) is 4.98 Å². The number of hydrogen-bond acceptors (Lipinski definition) is 7. The highest BCUT2D eigenvalue weighted by atomic mass is 19.1. The number of aromatic nitrogens is 1. The Hall–Kier alpha value is -4.45. The minimum atomic E-state index is -1.18. The number of halogens is 2. The Morgan fingerprint density at radius 3 is 2.51 bits per heavy atom. The maximum Gasteiger partial charge on any atom is 0.302 e. The van der Waals surface area contributed by atoms with Crippen molar-refractivity contribution in [1.29, 1.82) is 0 Å². The number of carbonyl (C=O) groups is 2. The molecule has 11 heteroatoms. The maximum atomic E-state index is 14.3. The van der Waals surface area contributed by atoms with Crippen LogP contribution in [0.15, 0.2) is 77.2 Å². The number of rotatable bonds is 14.